The first kappa shape index (κ1) is 14.0. The molecule has 0 fully saturated rings. The first-order valence-corrected chi connectivity index (χ1v) is 6.43. The molecule has 1 heterocycles. The molecule has 0 aliphatic rings. The van der Waals surface area contributed by atoms with E-state index in [9.17, 15) is 4.79 Å². The monoisotopic (exact) mass is 274 g/mol. The predicted octanol–water partition coefficient (Wildman–Crippen LogP) is 1.99. The first-order chi connectivity index (χ1) is 9.63. The van der Waals surface area contributed by atoms with Gasteiger partial charge in [0.1, 0.15) is 11.5 Å². The van der Waals surface area contributed by atoms with E-state index in [2.05, 4.69) is 5.32 Å². The normalized spacial score (nSPS) is 11.8. The van der Waals surface area contributed by atoms with Crippen molar-refractivity contribution in [3.63, 3.8) is 0 Å². The number of carbonyl (C=O) groups excluding carboxylic acids is 1. The van der Waals surface area contributed by atoms with Crippen molar-refractivity contribution in [3.05, 3.63) is 48.4 Å². The third kappa shape index (κ3) is 4.35. The highest BCUT2D eigenvalue weighted by molar-refractivity contribution is 5.77. The topological polar surface area (TPSA) is 77.5 Å². The van der Waals surface area contributed by atoms with Crippen LogP contribution in [0.1, 0.15) is 12.7 Å². The second-order valence-electron chi connectivity index (χ2n) is 4.61. The van der Waals surface area contributed by atoms with Crippen molar-refractivity contribution in [1.82, 2.24) is 5.32 Å². The van der Waals surface area contributed by atoms with E-state index < -0.39 is 0 Å². The Kier molecular flexibility index (Phi) is 4.65. The molecule has 3 N–H and O–H groups in total. The van der Waals surface area contributed by atoms with Crippen molar-refractivity contribution in [3.8, 4) is 5.75 Å². The molecule has 0 aliphatic heterocycles. The van der Waals surface area contributed by atoms with E-state index >= 15 is 0 Å². The number of benzene rings is 1. The van der Waals surface area contributed by atoms with Crippen molar-refractivity contribution in [2.24, 2.45) is 0 Å². The van der Waals surface area contributed by atoms with Gasteiger partial charge in [0.05, 0.1) is 6.26 Å². The largest absolute Gasteiger partial charge is 0.484 e. The molecule has 5 nitrogen and oxygen atoms in total. The van der Waals surface area contributed by atoms with Crippen LogP contribution in [0.5, 0.6) is 5.75 Å². The Morgan fingerprint density at radius 3 is 2.95 bits per heavy atom. The number of amides is 1. The number of nitrogen functional groups attached to an aromatic ring is 1. The summed E-state index contributed by atoms with van der Waals surface area (Å²) >= 11 is 0. The molecule has 20 heavy (non-hydrogen) atoms. The molecule has 0 saturated carbocycles. The summed E-state index contributed by atoms with van der Waals surface area (Å²) in [4.78, 5) is 11.7. The summed E-state index contributed by atoms with van der Waals surface area (Å²) in [5.74, 6) is 1.25. The first-order valence-electron chi connectivity index (χ1n) is 6.43. The van der Waals surface area contributed by atoms with Gasteiger partial charge in [-0.2, -0.15) is 0 Å². The van der Waals surface area contributed by atoms with Crippen molar-refractivity contribution in [2.75, 3.05) is 12.3 Å². The minimum Gasteiger partial charge on any atom is -0.484 e. The molecule has 0 bridgehead atoms. The van der Waals surface area contributed by atoms with Gasteiger partial charge in [-0.25, -0.2) is 0 Å². The molecule has 2 rings (SSSR count). The number of nitrogens with one attached hydrogen (secondary N) is 1. The van der Waals surface area contributed by atoms with Gasteiger partial charge < -0.3 is 20.2 Å². The Hall–Kier alpha value is -2.43. The molecule has 0 saturated heterocycles. The van der Waals surface area contributed by atoms with Crippen LogP contribution in [0.3, 0.4) is 0 Å². The Morgan fingerprint density at radius 2 is 2.25 bits per heavy atom. The summed E-state index contributed by atoms with van der Waals surface area (Å²) in [5, 5.41) is 2.85. The molecule has 1 atom stereocenters. The Bertz CT molecular complexity index is 552. The van der Waals surface area contributed by atoms with Gasteiger partial charge in [-0.15, -0.1) is 0 Å². The van der Waals surface area contributed by atoms with Gasteiger partial charge in [0.2, 0.25) is 0 Å². The molecule has 5 heteroatoms. The van der Waals surface area contributed by atoms with Crippen LogP contribution in [-0.4, -0.2) is 18.6 Å². The van der Waals surface area contributed by atoms with Crippen molar-refractivity contribution in [2.45, 2.75) is 19.4 Å². The molecule has 0 aliphatic carbocycles. The minimum atomic E-state index is -0.175. The third-order valence-corrected chi connectivity index (χ3v) is 2.72. The van der Waals surface area contributed by atoms with E-state index in [1.165, 1.54) is 0 Å². The van der Waals surface area contributed by atoms with E-state index in [0.717, 1.165) is 5.76 Å². The predicted molar refractivity (Wildman–Crippen MR) is 76.4 cm³/mol. The zero-order valence-corrected chi connectivity index (χ0v) is 11.3. The van der Waals surface area contributed by atoms with Crippen molar-refractivity contribution < 1.29 is 13.9 Å². The van der Waals surface area contributed by atoms with E-state index in [0.29, 0.717) is 17.9 Å². The molecule has 1 aromatic heterocycles. The SMILES string of the molecule is CC(Cc1ccco1)NC(=O)COc1cccc(N)c1. The number of nitrogens with two attached hydrogens (primary N) is 1. The summed E-state index contributed by atoms with van der Waals surface area (Å²) in [6.07, 6.45) is 2.27. The van der Waals surface area contributed by atoms with E-state index in [1.54, 1.807) is 30.5 Å². The summed E-state index contributed by atoms with van der Waals surface area (Å²) < 4.78 is 10.6. The minimum absolute atomic E-state index is 0.0157. The molecule has 1 amide bonds. The number of anilines is 1. The second-order valence-corrected chi connectivity index (χ2v) is 4.61. The standard InChI is InChI=1S/C15H18N2O3/c1-11(8-13-6-3-7-19-13)17-15(18)10-20-14-5-2-4-12(16)9-14/h2-7,9,11H,8,10,16H2,1H3,(H,17,18). The molecule has 1 aromatic carbocycles. The lowest BCUT2D eigenvalue weighted by Crippen LogP contribution is -2.37. The van der Waals surface area contributed by atoms with Gasteiger partial charge in [-0.1, -0.05) is 6.07 Å². The van der Waals surface area contributed by atoms with Crippen LogP contribution >= 0.6 is 0 Å². The Balaban J connectivity index is 1.75. The van der Waals surface area contributed by atoms with Crippen LogP contribution in [0.2, 0.25) is 0 Å². The summed E-state index contributed by atoms with van der Waals surface area (Å²) in [7, 11) is 0. The van der Waals surface area contributed by atoms with Crippen LogP contribution in [0, 0.1) is 0 Å². The van der Waals surface area contributed by atoms with E-state index in [1.807, 2.05) is 19.1 Å². The van der Waals surface area contributed by atoms with E-state index in [4.69, 9.17) is 14.9 Å². The van der Waals surface area contributed by atoms with Crippen molar-refractivity contribution >= 4 is 11.6 Å². The van der Waals surface area contributed by atoms with Crippen LogP contribution < -0.4 is 15.8 Å². The second kappa shape index (κ2) is 6.65. The Labute approximate surface area is 117 Å². The fourth-order valence-corrected chi connectivity index (χ4v) is 1.85. The smallest absolute Gasteiger partial charge is 0.258 e. The van der Waals surface area contributed by atoms with Gasteiger partial charge in [0, 0.05) is 24.2 Å². The number of ether oxygens (including phenoxy) is 1. The zero-order valence-electron chi connectivity index (χ0n) is 11.3. The highest BCUT2D eigenvalue weighted by atomic mass is 16.5. The number of carbonyl (C=O) groups is 1. The lowest BCUT2D eigenvalue weighted by Gasteiger charge is -2.13. The molecule has 106 valence electrons. The highest BCUT2D eigenvalue weighted by Gasteiger charge is 2.10. The number of hydrogen-bond donors (Lipinski definition) is 2. The van der Waals surface area contributed by atoms with Gasteiger partial charge >= 0.3 is 0 Å². The summed E-state index contributed by atoms with van der Waals surface area (Å²) in [6, 6.07) is 10.7. The molecule has 1 unspecified atom stereocenters. The fourth-order valence-electron chi connectivity index (χ4n) is 1.85. The molecular weight excluding hydrogens is 256 g/mol. The van der Waals surface area contributed by atoms with E-state index in [-0.39, 0.29) is 18.6 Å². The van der Waals surface area contributed by atoms with Gasteiger partial charge in [-0.05, 0) is 31.2 Å². The highest BCUT2D eigenvalue weighted by Crippen LogP contribution is 2.14. The fraction of sp³-hybridized carbons (Fsp3) is 0.267. The lowest BCUT2D eigenvalue weighted by molar-refractivity contribution is -0.123. The van der Waals surface area contributed by atoms with Crippen LogP contribution in [0.15, 0.2) is 47.1 Å². The molecule has 0 spiro atoms. The molecule has 0 radical (unpaired) electrons. The number of hydrogen-bond acceptors (Lipinski definition) is 4. The summed E-state index contributed by atoms with van der Waals surface area (Å²) in [5.41, 5.74) is 6.24. The number of furan rings is 1. The van der Waals surface area contributed by atoms with Gasteiger partial charge in [-0.3, -0.25) is 4.79 Å². The third-order valence-electron chi connectivity index (χ3n) is 2.72. The average Bonchev–Trinajstić information content (AvgIpc) is 2.89. The number of rotatable bonds is 6. The maximum atomic E-state index is 11.7. The molecular formula is C15H18N2O3. The maximum Gasteiger partial charge on any atom is 0.258 e. The quantitative estimate of drug-likeness (QED) is 0.790. The maximum absolute atomic E-state index is 11.7. The van der Waals surface area contributed by atoms with Crippen LogP contribution in [0.4, 0.5) is 5.69 Å². The lowest BCUT2D eigenvalue weighted by atomic mass is 10.2. The van der Waals surface area contributed by atoms with Crippen LogP contribution in [0.25, 0.3) is 0 Å². The molecule has 2 aromatic rings. The average molecular weight is 274 g/mol. The van der Waals surface area contributed by atoms with Gasteiger partial charge in [0.15, 0.2) is 6.61 Å². The summed E-state index contributed by atoms with van der Waals surface area (Å²) in [6.45, 7) is 1.88. The van der Waals surface area contributed by atoms with Crippen molar-refractivity contribution in [1.29, 1.82) is 0 Å². The van der Waals surface area contributed by atoms with Crippen LogP contribution in [-0.2, 0) is 11.2 Å². The zero-order chi connectivity index (χ0) is 14.4. The van der Waals surface area contributed by atoms with Gasteiger partial charge in [0.25, 0.3) is 5.91 Å². The Morgan fingerprint density at radius 1 is 1.40 bits per heavy atom.